The molecule has 0 bridgehead atoms. The van der Waals surface area contributed by atoms with Gasteiger partial charge in [-0.25, -0.2) is 4.79 Å². The van der Waals surface area contributed by atoms with Crippen LogP contribution in [0.1, 0.15) is 23.2 Å². The van der Waals surface area contributed by atoms with Gasteiger partial charge in [-0.15, -0.1) is 0 Å². The number of hydrogen-bond acceptors (Lipinski definition) is 4. The molecule has 1 aromatic rings. The summed E-state index contributed by atoms with van der Waals surface area (Å²) in [7, 11) is 0. The molecule has 1 rings (SSSR count). The molecule has 8 nitrogen and oxygen atoms in total. The predicted octanol–water partition coefficient (Wildman–Crippen LogP) is -0.149. The molecule has 8 heteroatoms. The van der Waals surface area contributed by atoms with E-state index in [2.05, 4.69) is 10.6 Å². The largest absolute Gasteiger partial charge is 0.481 e. The highest BCUT2D eigenvalue weighted by atomic mass is 16.4. The van der Waals surface area contributed by atoms with Crippen molar-refractivity contribution in [2.75, 3.05) is 6.54 Å². The highest BCUT2D eigenvalue weighted by Gasteiger charge is 2.21. The Labute approximate surface area is 126 Å². The van der Waals surface area contributed by atoms with E-state index in [0.717, 1.165) is 0 Å². The van der Waals surface area contributed by atoms with Gasteiger partial charge in [-0.2, -0.15) is 0 Å². The first-order valence-corrected chi connectivity index (χ1v) is 6.47. The molecular weight excluding hydrogens is 292 g/mol. The summed E-state index contributed by atoms with van der Waals surface area (Å²) in [6.45, 7) is -0.398. The van der Waals surface area contributed by atoms with Crippen LogP contribution in [-0.4, -0.2) is 46.6 Å². The lowest BCUT2D eigenvalue weighted by Gasteiger charge is -2.13. The van der Waals surface area contributed by atoms with Crippen molar-refractivity contribution in [3.05, 3.63) is 35.9 Å². The average molecular weight is 308 g/mol. The quantitative estimate of drug-likeness (QED) is 0.528. The van der Waals surface area contributed by atoms with Gasteiger partial charge in [0, 0.05) is 12.0 Å². The van der Waals surface area contributed by atoms with Gasteiger partial charge >= 0.3 is 11.9 Å². The Morgan fingerprint density at radius 1 is 1.05 bits per heavy atom. The fourth-order valence-electron chi connectivity index (χ4n) is 1.62. The van der Waals surface area contributed by atoms with Crippen LogP contribution < -0.4 is 10.6 Å². The molecule has 0 aliphatic carbocycles. The van der Waals surface area contributed by atoms with Crippen LogP contribution >= 0.6 is 0 Å². The van der Waals surface area contributed by atoms with E-state index in [4.69, 9.17) is 10.2 Å². The summed E-state index contributed by atoms with van der Waals surface area (Å²) in [5, 5.41) is 21.9. The molecule has 0 spiro atoms. The second-order valence-electron chi connectivity index (χ2n) is 4.44. The smallest absolute Gasteiger partial charge is 0.326 e. The summed E-state index contributed by atoms with van der Waals surface area (Å²) < 4.78 is 0. The van der Waals surface area contributed by atoms with Crippen molar-refractivity contribution in [3.8, 4) is 0 Å². The standard InChI is InChI=1S/C14H16N2O6/c17-11(16-10(14(21)22)6-7-12(18)19)8-15-13(20)9-4-2-1-3-5-9/h1-5,10H,6-8H2,(H,15,20)(H,16,17)(H,18,19)(H,21,22). The van der Waals surface area contributed by atoms with Crippen LogP contribution in [-0.2, 0) is 14.4 Å². The number of carbonyl (C=O) groups is 4. The minimum atomic E-state index is -1.33. The maximum absolute atomic E-state index is 11.7. The Hall–Kier alpha value is -2.90. The first-order valence-electron chi connectivity index (χ1n) is 6.47. The Kier molecular flexibility index (Phi) is 6.55. The van der Waals surface area contributed by atoms with E-state index in [0.29, 0.717) is 5.56 Å². The topological polar surface area (TPSA) is 133 Å². The normalized spacial score (nSPS) is 11.3. The number of nitrogens with one attached hydrogen (secondary N) is 2. The molecular formula is C14H16N2O6. The van der Waals surface area contributed by atoms with Gasteiger partial charge in [-0.3, -0.25) is 14.4 Å². The maximum Gasteiger partial charge on any atom is 0.326 e. The van der Waals surface area contributed by atoms with Gasteiger partial charge in [0.1, 0.15) is 6.04 Å². The maximum atomic E-state index is 11.7. The van der Waals surface area contributed by atoms with Crippen molar-refractivity contribution in [1.29, 1.82) is 0 Å². The van der Waals surface area contributed by atoms with E-state index in [1.165, 1.54) is 0 Å². The highest BCUT2D eigenvalue weighted by Crippen LogP contribution is 1.99. The van der Waals surface area contributed by atoms with E-state index in [9.17, 15) is 19.2 Å². The number of benzene rings is 1. The highest BCUT2D eigenvalue weighted by molar-refractivity contribution is 5.96. The molecule has 0 aromatic heterocycles. The molecule has 0 fully saturated rings. The predicted molar refractivity (Wildman–Crippen MR) is 75.2 cm³/mol. The number of carboxylic acids is 2. The number of amides is 2. The molecule has 1 atom stereocenters. The van der Waals surface area contributed by atoms with Crippen molar-refractivity contribution in [2.45, 2.75) is 18.9 Å². The number of carbonyl (C=O) groups excluding carboxylic acids is 2. The fourth-order valence-corrected chi connectivity index (χ4v) is 1.62. The molecule has 0 aliphatic heterocycles. The van der Waals surface area contributed by atoms with Crippen LogP contribution in [0, 0.1) is 0 Å². The van der Waals surface area contributed by atoms with Gasteiger partial charge in [0.05, 0.1) is 6.54 Å². The van der Waals surface area contributed by atoms with Crippen LogP contribution in [0.4, 0.5) is 0 Å². The third-order valence-corrected chi connectivity index (χ3v) is 2.73. The zero-order chi connectivity index (χ0) is 16.5. The van der Waals surface area contributed by atoms with E-state index < -0.39 is 36.3 Å². The summed E-state index contributed by atoms with van der Waals surface area (Å²) in [5.41, 5.74) is 0.371. The summed E-state index contributed by atoms with van der Waals surface area (Å²) in [5.74, 6) is -3.66. The average Bonchev–Trinajstić information content (AvgIpc) is 2.49. The summed E-state index contributed by atoms with van der Waals surface area (Å²) in [6.07, 6.45) is -0.614. The number of carboxylic acid groups (broad SMARTS) is 2. The second kappa shape index (κ2) is 8.40. The summed E-state index contributed by atoms with van der Waals surface area (Å²) in [6, 6.07) is 6.91. The van der Waals surface area contributed by atoms with Crippen molar-refractivity contribution >= 4 is 23.8 Å². The minimum absolute atomic E-state index is 0.233. The van der Waals surface area contributed by atoms with Crippen LogP contribution in [0.5, 0.6) is 0 Å². The molecule has 1 aromatic carbocycles. The van der Waals surface area contributed by atoms with Crippen molar-refractivity contribution in [2.24, 2.45) is 0 Å². The molecule has 118 valence electrons. The lowest BCUT2D eigenvalue weighted by Crippen LogP contribution is -2.45. The van der Waals surface area contributed by atoms with Crippen LogP contribution in [0.25, 0.3) is 0 Å². The minimum Gasteiger partial charge on any atom is -0.481 e. The summed E-state index contributed by atoms with van der Waals surface area (Å²) in [4.78, 5) is 44.6. The van der Waals surface area contributed by atoms with Gasteiger partial charge < -0.3 is 20.8 Å². The Morgan fingerprint density at radius 3 is 2.23 bits per heavy atom. The molecule has 0 saturated carbocycles. The number of rotatable bonds is 8. The lowest BCUT2D eigenvalue weighted by atomic mass is 10.1. The molecule has 1 unspecified atom stereocenters. The first kappa shape index (κ1) is 17.2. The van der Waals surface area contributed by atoms with E-state index >= 15 is 0 Å². The molecule has 0 saturated heterocycles. The molecule has 22 heavy (non-hydrogen) atoms. The number of hydrogen-bond donors (Lipinski definition) is 4. The molecule has 0 radical (unpaired) electrons. The number of aliphatic carboxylic acids is 2. The monoisotopic (exact) mass is 308 g/mol. The van der Waals surface area contributed by atoms with Gasteiger partial charge in [-0.05, 0) is 18.6 Å². The van der Waals surface area contributed by atoms with Crippen molar-refractivity contribution < 1.29 is 29.4 Å². The molecule has 0 aliphatic rings. The van der Waals surface area contributed by atoms with E-state index in [1.54, 1.807) is 30.3 Å². The van der Waals surface area contributed by atoms with Crippen molar-refractivity contribution in [1.82, 2.24) is 10.6 Å². The Morgan fingerprint density at radius 2 is 1.68 bits per heavy atom. The molecule has 2 amide bonds. The SMILES string of the molecule is O=C(O)CCC(NC(=O)CNC(=O)c1ccccc1)C(=O)O. The van der Waals surface area contributed by atoms with E-state index in [1.807, 2.05) is 0 Å². The second-order valence-corrected chi connectivity index (χ2v) is 4.44. The van der Waals surface area contributed by atoms with Gasteiger partial charge in [0.15, 0.2) is 0 Å². The van der Waals surface area contributed by atoms with Crippen molar-refractivity contribution in [3.63, 3.8) is 0 Å². The fraction of sp³-hybridized carbons (Fsp3) is 0.286. The van der Waals surface area contributed by atoms with Crippen LogP contribution in [0.15, 0.2) is 30.3 Å². The zero-order valence-electron chi connectivity index (χ0n) is 11.6. The van der Waals surface area contributed by atoms with Crippen LogP contribution in [0.3, 0.4) is 0 Å². The zero-order valence-corrected chi connectivity index (χ0v) is 11.6. The van der Waals surface area contributed by atoms with Gasteiger partial charge in [0.2, 0.25) is 5.91 Å². The third kappa shape index (κ3) is 6.04. The molecule has 0 heterocycles. The molecule has 4 N–H and O–H groups in total. The van der Waals surface area contributed by atoms with E-state index in [-0.39, 0.29) is 12.8 Å². The first-order chi connectivity index (χ1) is 10.4. The van der Waals surface area contributed by atoms with Crippen LogP contribution in [0.2, 0.25) is 0 Å². The van der Waals surface area contributed by atoms with Gasteiger partial charge in [0.25, 0.3) is 5.91 Å². The Balaban J connectivity index is 2.45. The van der Waals surface area contributed by atoms with Gasteiger partial charge in [-0.1, -0.05) is 18.2 Å². The summed E-state index contributed by atoms with van der Waals surface area (Å²) >= 11 is 0. The Bertz CT molecular complexity index is 558. The lowest BCUT2D eigenvalue weighted by molar-refractivity contribution is -0.142. The third-order valence-electron chi connectivity index (χ3n) is 2.73.